The Morgan fingerprint density at radius 1 is 0.969 bits per heavy atom. The normalized spacial score (nSPS) is 18.2. The minimum absolute atomic E-state index is 0.00655. The number of hydrogen-bond acceptors (Lipinski definition) is 3. The molecule has 0 radical (unpaired) electrons. The predicted octanol–water partition coefficient (Wildman–Crippen LogP) is 3.80. The Labute approximate surface area is 190 Å². The van der Waals surface area contributed by atoms with Gasteiger partial charge in [-0.15, -0.1) is 0 Å². The van der Waals surface area contributed by atoms with Crippen LogP contribution >= 0.6 is 0 Å². The highest BCUT2D eigenvalue weighted by atomic mass is 16.2. The third kappa shape index (κ3) is 6.67. The lowest BCUT2D eigenvalue weighted by molar-refractivity contribution is -0.120. The fraction of sp³-hybridized carbons (Fsp3) is 0.423. The largest absolute Gasteiger partial charge is 0.355 e. The minimum atomic E-state index is -0.196. The summed E-state index contributed by atoms with van der Waals surface area (Å²) >= 11 is 0. The van der Waals surface area contributed by atoms with Crippen molar-refractivity contribution < 1.29 is 14.4 Å². The van der Waals surface area contributed by atoms with E-state index in [0.29, 0.717) is 29.5 Å². The third-order valence-electron chi connectivity index (χ3n) is 5.80. The highest BCUT2D eigenvalue weighted by Crippen LogP contribution is 2.24. The number of amides is 3. The van der Waals surface area contributed by atoms with Gasteiger partial charge in [-0.1, -0.05) is 50.2 Å². The molecular weight excluding hydrogens is 402 g/mol. The van der Waals surface area contributed by atoms with Gasteiger partial charge in [-0.3, -0.25) is 14.4 Å². The zero-order chi connectivity index (χ0) is 23.1. The molecule has 2 aromatic carbocycles. The first-order chi connectivity index (χ1) is 15.3. The minimum Gasteiger partial charge on any atom is -0.355 e. The van der Waals surface area contributed by atoms with Gasteiger partial charge < -0.3 is 15.5 Å². The van der Waals surface area contributed by atoms with Crippen LogP contribution in [0.15, 0.2) is 48.5 Å². The van der Waals surface area contributed by atoms with Gasteiger partial charge in [0, 0.05) is 37.3 Å². The SMILES string of the molecule is Cc1ccc(C(=O)N2CC(C)CC(C)C2)cc1NC(=O)CCNC(=O)Cc1ccccc1. The van der Waals surface area contributed by atoms with Crippen LogP contribution in [0.3, 0.4) is 0 Å². The van der Waals surface area contributed by atoms with E-state index in [9.17, 15) is 14.4 Å². The van der Waals surface area contributed by atoms with E-state index in [1.54, 1.807) is 6.07 Å². The van der Waals surface area contributed by atoms with E-state index in [1.165, 1.54) is 0 Å². The van der Waals surface area contributed by atoms with Crippen LogP contribution in [-0.4, -0.2) is 42.3 Å². The van der Waals surface area contributed by atoms with Crippen molar-refractivity contribution in [3.8, 4) is 0 Å². The molecule has 2 atom stereocenters. The highest BCUT2D eigenvalue weighted by molar-refractivity contribution is 5.98. The van der Waals surface area contributed by atoms with Crippen LogP contribution in [0.2, 0.25) is 0 Å². The van der Waals surface area contributed by atoms with Crippen molar-refractivity contribution in [3.05, 3.63) is 65.2 Å². The van der Waals surface area contributed by atoms with Crippen molar-refractivity contribution >= 4 is 23.4 Å². The summed E-state index contributed by atoms with van der Waals surface area (Å²) in [5.41, 5.74) is 3.05. The third-order valence-corrected chi connectivity index (χ3v) is 5.80. The van der Waals surface area contributed by atoms with Crippen LogP contribution in [0, 0.1) is 18.8 Å². The summed E-state index contributed by atoms with van der Waals surface area (Å²) in [6.45, 7) is 8.04. The van der Waals surface area contributed by atoms with E-state index in [4.69, 9.17) is 0 Å². The number of aryl methyl sites for hydroxylation is 1. The molecule has 0 spiro atoms. The zero-order valence-electron chi connectivity index (χ0n) is 19.2. The van der Waals surface area contributed by atoms with Crippen LogP contribution in [0.25, 0.3) is 0 Å². The Morgan fingerprint density at radius 3 is 2.34 bits per heavy atom. The second kappa shape index (κ2) is 10.9. The van der Waals surface area contributed by atoms with Crippen LogP contribution in [-0.2, 0) is 16.0 Å². The molecule has 1 fully saturated rings. The van der Waals surface area contributed by atoms with Gasteiger partial charge in [0.15, 0.2) is 0 Å². The van der Waals surface area contributed by atoms with Crippen molar-refractivity contribution in [2.24, 2.45) is 11.8 Å². The molecule has 0 saturated carbocycles. The zero-order valence-corrected chi connectivity index (χ0v) is 19.2. The first-order valence-electron chi connectivity index (χ1n) is 11.3. The first-order valence-corrected chi connectivity index (χ1v) is 11.3. The van der Waals surface area contributed by atoms with Crippen molar-refractivity contribution in [2.45, 2.75) is 40.0 Å². The van der Waals surface area contributed by atoms with Gasteiger partial charge in [0.1, 0.15) is 0 Å². The van der Waals surface area contributed by atoms with Gasteiger partial charge >= 0.3 is 0 Å². The molecule has 1 aliphatic heterocycles. The van der Waals surface area contributed by atoms with Gasteiger partial charge in [-0.2, -0.15) is 0 Å². The second-order valence-electron chi connectivity index (χ2n) is 9.00. The molecule has 6 nitrogen and oxygen atoms in total. The molecular formula is C26H33N3O3. The van der Waals surface area contributed by atoms with Gasteiger partial charge in [-0.05, 0) is 48.4 Å². The number of hydrogen-bond donors (Lipinski definition) is 2. The van der Waals surface area contributed by atoms with Crippen molar-refractivity contribution in [1.82, 2.24) is 10.2 Å². The molecule has 0 bridgehead atoms. The number of carbonyl (C=O) groups excluding carboxylic acids is 3. The smallest absolute Gasteiger partial charge is 0.253 e. The van der Waals surface area contributed by atoms with E-state index in [0.717, 1.165) is 30.6 Å². The number of piperidine rings is 1. The van der Waals surface area contributed by atoms with E-state index in [2.05, 4.69) is 24.5 Å². The average Bonchev–Trinajstić information content (AvgIpc) is 2.75. The van der Waals surface area contributed by atoms with Crippen LogP contribution < -0.4 is 10.6 Å². The van der Waals surface area contributed by atoms with E-state index in [1.807, 2.05) is 54.3 Å². The molecule has 3 rings (SSSR count). The molecule has 1 aliphatic rings. The number of anilines is 1. The number of benzene rings is 2. The fourth-order valence-corrected chi connectivity index (χ4v) is 4.27. The summed E-state index contributed by atoms with van der Waals surface area (Å²) < 4.78 is 0. The first kappa shape index (κ1) is 23.5. The van der Waals surface area contributed by atoms with Crippen molar-refractivity contribution in [1.29, 1.82) is 0 Å². The molecule has 3 amide bonds. The maximum atomic E-state index is 13.0. The molecule has 6 heteroatoms. The Hall–Kier alpha value is -3.15. The molecule has 170 valence electrons. The summed E-state index contributed by atoms with van der Waals surface area (Å²) in [5, 5.41) is 5.67. The summed E-state index contributed by atoms with van der Waals surface area (Å²) in [5.74, 6) is 0.677. The Kier molecular flexibility index (Phi) is 8.03. The summed E-state index contributed by atoms with van der Waals surface area (Å²) in [4.78, 5) is 39.4. The molecule has 32 heavy (non-hydrogen) atoms. The van der Waals surface area contributed by atoms with Gasteiger partial charge in [-0.25, -0.2) is 0 Å². The maximum Gasteiger partial charge on any atom is 0.253 e. The van der Waals surface area contributed by atoms with E-state index < -0.39 is 0 Å². The number of carbonyl (C=O) groups is 3. The topological polar surface area (TPSA) is 78.5 Å². The highest BCUT2D eigenvalue weighted by Gasteiger charge is 2.26. The van der Waals surface area contributed by atoms with E-state index >= 15 is 0 Å². The summed E-state index contributed by atoms with van der Waals surface area (Å²) in [6.07, 6.45) is 1.60. The molecule has 2 aromatic rings. The van der Waals surface area contributed by atoms with Crippen molar-refractivity contribution in [2.75, 3.05) is 25.0 Å². The number of rotatable bonds is 7. The maximum absolute atomic E-state index is 13.0. The lowest BCUT2D eigenvalue weighted by atomic mass is 9.91. The quantitative estimate of drug-likeness (QED) is 0.694. The molecule has 1 heterocycles. The Morgan fingerprint density at radius 2 is 1.66 bits per heavy atom. The fourth-order valence-electron chi connectivity index (χ4n) is 4.27. The molecule has 0 aromatic heterocycles. The number of likely N-dealkylation sites (tertiary alicyclic amines) is 1. The van der Waals surface area contributed by atoms with Gasteiger partial charge in [0.05, 0.1) is 6.42 Å². The Bertz CT molecular complexity index is 948. The number of nitrogens with zero attached hydrogens (tertiary/aromatic N) is 1. The molecule has 2 N–H and O–H groups in total. The monoisotopic (exact) mass is 435 g/mol. The molecule has 2 unspecified atom stereocenters. The summed E-state index contributed by atoms with van der Waals surface area (Å²) in [6, 6.07) is 14.9. The summed E-state index contributed by atoms with van der Waals surface area (Å²) in [7, 11) is 0. The number of nitrogens with one attached hydrogen (secondary N) is 2. The molecule has 1 saturated heterocycles. The standard InChI is InChI=1S/C26H33N3O3/c1-18-13-19(2)17-29(16-18)26(32)22-10-9-20(3)23(15-22)28-24(30)11-12-27-25(31)14-21-7-5-4-6-8-21/h4-10,15,18-19H,11-14,16-17H2,1-3H3,(H,27,31)(H,28,30). The lowest BCUT2D eigenvalue weighted by Crippen LogP contribution is -2.42. The Balaban J connectivity index is 1.52. The van der Waals surface area contributed by atoms with Crippen LogP contribution in [0.1, 0.15) is 48.2 Å². The van der Waals surface area contributed by atoms with E-state index in [-0.39, 0.29) is 30.7 Å². The van der Waals surface area contributed by atoms with Gasteiger partial charge in [0.25, 0.3) is 5.91 Å². The lowest BCUT2D eigenvalue weighted by Gasteiger charge is -2.35. The van der Waals surface area contributed by atoms with Crippen molar-refractivity contribution in [3.63, 3.8) is 0 Å². The van der Waals surface area contributed by atoms with Crippen LogP contribution in [0.4, 0.5) is 5.69 Å². The van der Waals surface area contributed by atoms with Crippen LogP contribution in [0.5, 0.6) is 0 Å². The average molecular weight is 436 g/mol. The van der Waals surface area contributed by atoms with Gasteiger partial charge in [0.2, 0.25) is 11.8 Å². The second-order valence-corrected chi connectivity index (χ2v) is 9.00. The predicted molar refractivity (Wildman–Crippen MR) is 126 cm³/mol. The molecule has 0 aliphatic carbocycles.